The number of nitrogens with two attached hydrogens (primary N) is 1. The first-order valence-corrected chi connectivity index (χ1v) is 10.2. The van der Waals surface area contributed by atoms with E-state index in [-0.39, 0.29) is 11.7 Å². The molecule has 8 nitrogen and oxygen atoms in total. The summed E-state index contributed by atoms with van der Waals surface area (Å²) in [5, 5.41) is 7.51. The van der Waals surface area contributed by atoms with Crippen LogP contribution in [0.1, 0.15) is 12.5 Å². The van der Waals surface area contributed by atoms with Gasteiger partial charge in [-0.1, -0.05) is 0 Å². The molecule has 0 bridgehead atoms. The Morgan fingerprint density at radius 2 is 2.11 bits per heavy atom. The zero-order valence-corrected chi connectivity index (χ0v) is 16.2. The molecule has 0 amide bonds. The summed E-state index contributed by atoms with van der Waals surface area (Å²) in [5.41, 5.74) is 7.23. The SMILES string of the molecule is C=S1(=O)C[C@@](C)(c2cc(-c3ccc(-c4nnco4)[nH]3)ccc2F)N=C(N)N1C. The molecule has 2 aromatic heterocycles. The Kier molecular flexibility index (Phi) is 4.03. The number of hydrogen-bond donors (Lipinski definition) is 2. The summed E-state index contributed by atoms with van der Waals surface area (Å²) in [6, 6.07) is 8.31. The summed E-state index contributed by atoms with van der Waals surface area (Å²) in [4.78, 5) is 7.59. The lowest BCUT2D eigenvalue weighted by molar-refractivity contribution is 0.481. The van der Waals surface area contributed by atoms with E-state index in [9.17, 15) is 8.60 Å². The molecule has 3 N–H and O–H groups in total. The molecule has 10 heteroatoms. The van der Waals surface area contributed by atoms with Crippen molar-refractivity contribution < 1.29 is 13.0 Å². The fourth-order valence-electron chi connectivity index (χ4n) is 3.28. The van der Waals surface area contributed by atoms with Crippen molar-refractivity contribution in [2.24, 2.45) is 10.7 Å². The Labute approximate surface area is 161 Å². The number of nitrogens with zero attached hydrogens (tertiary/aromatic N) is 4. The summed E-state index contributed by atoms with van der Waals surface area (Å²) in [6.45, 7) is 1.71. The average molecular weight is 402 g/mol. The highest BCUT2D eigenvalue weighted by Gasteiger charge is 2.38. The van der Waals surface area contributed by atoms with Gasteiger partial charge in [-0.25, -0.2) is 13.6 Å². The highest BCUT2D eigenvalue weighted by atomic mass is 32.2. The third-order valence-corrected chi connectivity index (χ3v) is 7.02. The molecule has 1 aliphatic rings. The number of halogens is 1. The first kappa shape index (κ1) is 18.2. The number of hydrogen-bond acceptors (Lipinski definition) is 6. The average Bonchev–Trinajstić information content (AvgIpc) is 3.31. The van der Waals surface area contributed by atoms with Crippen LogP contribution in [-0.2, 0) is 15.2 Å². The molecule has 1 unspecified atom stereocenters. The zero-order valence-electron chi connectivity index (χ0n) is 15.3. The molecule has 3 aromatic rings. The normalized spacial score (nSPS) is 25.0. The van der Waals surface area contributed by atoms with E-state index in [4.69, 9.17) is 10.2 Å². The largest absolute Gasteiger partial charge is 0.422 e. The predicted octanol–water partition coefficient (Wildman–Crippen LogP) is 1.98. The van der Waals surface area contributed by atoms with E-state index in [1.807, 2.05) is 6.07 Å². The van der Waals surface area contributed by atoms with E-state index in [1.54, 1.807) is 32.2 Å². The molecule has 0 radical (unpaired) electrons. The third kappa shape index (κ3) is 2.95. The minimum atomic E-state index is -2.71. The molecule has 146 valence electrons. The quantitative estimate of drug-likeness (QED) is 0.651. The minimum absolute atomic E-state index is 0.0511. The number of aromatic amines is 1. The zero-order chi connectivity index (χ0) is 20.1. The van der Waals surface area contributed by atoms with Gasteiger partial charge in [0.2, 0.25) is 12.4 Å². The second-order valence-corrected chi connectivity index (χ2v) is 9.26. The highest BCUT2D eigenvalue weighted by Crippen LogP contribution is 2.36. The van der Waals surface area contributed by atoms with Gasteiger partial charge in [0.25, 0.3) is 5.89 Å². The van der Waals surface area contributed by atoms with Crippen molar-refractivity contribution in [1.82, 2.24) is 19.5 Å². The molecular weight excluding hydrogens is 383 g/mol. The van der Waals surface area contributed by atoms with Crippen molar-refractivity contribution in [3.05, 3.63) is 48.1 Å². The summed E-state index contributed by atoms with van der Waals surface area (Å²) in [6.07, 6.45) is 1.24. The van der Waals surface area contributed by atoms with Crippen LogP contribution in [0.3, 0.4) is 0 Å². The fraction of sp³-hybridized carbons (Fsp3) is 0.222. The van der Waals surface area contributed by atoms with Crippen molar-refractivity contribution in [2.45, 2.75) is 12.5 Å². The van der Waals surface area contributed by atoms with E-state index in [1.165, 1.54) is 16.8 Å². The lowest BCUT2D eigenvalue weighted by Gasteiger charge is -2.37. The number of H-pyrrole nitrogens is 1. The Balaban J connectivity index is 1.78. The molecule has 1 aliphatic heterocycles. The summed E-state index contributed by atoms with van der Waals surface area (Å²) in [5.74, 6) is 3.78. The lowest BCUT2D eigenvalue weighted by Crippen LogP contribution is -2.50. The molecule has 0 aliphatic carbocycles. The standard InChI is InChI=1S/C18H19FN6O2S/c1-18(9-28(3,26)25(2)17(20)23-18)12-8-11(4-5-13(12)19)14-6-7-15(22-14)16-24-21-10-27-16/h4-8,10,22H,3,9H2,1-2H3,(H2,20,23)/t18-,28?/m0/s1. The highest BCUT2D eigenvalue weighted by molar-refractivity contribution is 7.98. The second-order valence-electron chi connectivity index (χ2n) is 6.88. The molecule has 0 fully saturated rings. The van der Waals surface area contributed by atoms with Crippen LogP contribution in [0.4, 0.5) is 4.39 Å². The van der Waals surface area contributed by atoms with Crippen LogP contribution in [0.2, 0.25) is 0 Å². The topological polar surface area (TPSA) is 113 Å². The fourth-order valence-corrected chi connectivity index (χ4v) is 4.96. The Morgan fingerprint density at radius 1 is 1.36 bits per heavy atom. The monoisotopic (exact) mass is 402 g/mol. The Morgan fingerprint density at radius 3 is 2.79 bits per heavy atom. The maximum atomic E-state index is 14.7. The molecule has 4 rings (SSSR count). The van der Waals surface area contributed by atoms with Crippen molar-refractivity contribution in [2.75, 3.05) is 12.8 Å². The first-order chi connectivity index (χ1) is 13.2. The van der Waals surface area contributed by atoms with E-state index in [0.717, 1.165) is 11.3 Å². The molecular formula is C18H19FN6O2S. The molecule has 0 saturated carbocycles. The van der Waals surface area contributed by atoms with Gasteiger partial charge in [-0.15, -0.1) is 10.2 Å². The number of rotatable bonds is 3. The predicted molar refractivity (Wildman–Crippen MR) is 106 cm³/mol. The molecule has 0 saturated heterocycles. The number of guanidine groups is 1. The first-order valence-electron chi connectivity index (χ1n) is 8.40. The van der Waals surface area contributed by atoms with Crippen LogP contribution in [0.15, 0.2) is 46.1 Å². The van der Waals surface area contributed by atoms with Crippen molar-refractivity contribution in [3.8, 4) is 22.8 Å². The van der Waals surface area contributed by atoms with Gasteiger partial charge in [0.1, 0.15) is 17.1 Å². The van der Waals surface area contributed by atoms with Gasteiger partial charge >= 0.3 is 0 Å². The number of benzene rings is 1. The smallest absolute Gasteiger partial charge is 0.263 e. The summed E-state index contributed by atoms with van der Waals surface area (Å²) < 4.78 is 34.1. The van der Waals surface area contributed by atoms with Crippen LogP contribution < -0.4 is 5.73 Å². The molecule has 1 aromatic carbocycles. The van der Waals surface area contributed by atoms with Gasteiger partial charge in [-0.2, -0.15) is 0 Å². The van der Waals surface area contributed by atoms with E-state index < -0.39 is 21.1 Å². The minimum Gasteiger partial charge on any atom is -0.422 e. The molecule has 2 atom stereocenters. The molecule has 3 heterocycles. The Hall–Kier alpha value is -3.14. The van der Waals surface area contributed by atoms with Gasteiger partial charge < -0.3 is 15.1 Å². The van der Waals surface area contributed by atoms with Crippen molar-refractivity contribution in [3.63, 3.8) is 0 Å². The summed E-state index contributed by atoms with van der Waals surface area (Å²) >= 11 is 0. The van der Waals surface area contributed by atoms with Crippen LogP contribution in [0.25, 0.3) is 22.8 Å². The maximum absolute atomic E-state index is 14.7. The molecule has 0 spiro atoms. The number of aromatic nitrogens is 3. The number of nitrogens with one attached hydrogen (secondary N) is 1. The third-order valence-electron chi connectivity index (χ3n) is 4.82. The van der Waals surface area contributed by atoms with Crippen LogP contribution in [-0.4, -0.2) is 48.3 Å². The van der Waals surface area contributed by atoms with E-state index in [0.29, 0.717) is 17.1 Å². The van der Waals surface area contributed by atoms with Gasteiger partial charge in [0, 0.05) is 18.3 Å². The van der Waals surface area contributed by atoms with Gasteiger partial charge in [-0.3, -0.25) is 4.31 Å². The van der Waals surface area contributed by atoms with Crippen LogP contribution in [0.5, 0.6) is 0 Å². The van der Waals surface area contributed by atoms with E-state index in [2.05, 4.69) is 26.0 Å². The molecule has 28 heavy (non-hydrogen) atoms. The maximum Gasteiger partial charge on any atom is 0.263 e. The van der Waals surface area contributed by atoms with Crippen LogP contribution in [0, 0.1) is 5.82 Å². The van der Waals surface area contributed by atoms with Gasteiger partial charge in [-0.05, 0) is 48.7 Å². The summed E-state index contributed by atoms with van der Waals surface area (Å²) in [7, 11) is -1.14. The van der Waals surface area contributed by atoms with Crippen molar-refractivity contribution >= 4 is 21.5 Å². The van der Waals surface area contributed by atoms with Gasteiger partial charge in [0.15, 0.2) is 0 Å². The lowest BCUT2D eigenvalue weighted by atomic mass is 9.92. The van der Waals surface area contributed by atoms with E-state index >= 15 is 0 Å². The van der Waals surface area contributed by atoms with Crippen molar-refractivity contribution in [1.29, 1.82) is 0 Å². The second kappa shape index (κ2) is 6.20. The van der Waals surface area contributed by atoms with Crippen LogP contribution >= 0.6 is 0 Å². The van der Waals surface area contributed by atoms with Gasteiger partial charge in [0.05, 0.1) is 15.5 Å². The number of aliphatic imine (C=N–C) groups is 1. The Bertz CT molecular complexity index is 1170.